The molecular weight excluding hydrogens is 326 g/mol. The molecule has 1 N–H and O–H groups in total. The van der Waals surface area contributed by atoms with Gasteiger partial charge in [0, 0.05) is 28.9 Å². The molecule has 0 atom stereocenters. The van der Waals surface area contributed by atoms with Crippen molar-refractivity contribution >= 4 is 21.6 Å². The van der Waals surface area contributed by atoms with E-state index in [0.29, 0.717) is 23.5 Å². The van der Waals surface area contributed by atoms with Gasteiger partial charge in [0.2, 0.25) is 0 Å². The molecule has 1 fully saturated rings. The number of anilines is 1. The largest absolute Gasteiger partial charge is 0.382 e. The van der Waals surface area contributed by atoms with Crippen LogP contribution in [0.25, 0.3) is 0 Å². The summed E-state index contributed by atoms with van der Waals surface area (Å²) in [6.45, 7) is 10.2. The first kappa shape index (κ1) is 16.8. The lowest BCUT2D eigenvalue weighted by Gasteiger charge is -2.45. The topological polar surface area (TPSA) is 21.3 Å². The minimum atomic E-state index is 0.396. The Morgan fingerprint density at radius 3 is 2.38 bits per heavy atom. The number of methoxy groups -OCH3 is 1. The van der Waals surface area contributed by atoms with Crippen LogP contribution >= 0.6 is 15.9 Å². The first-order valence-electron chi connectivity index (χ1n) is 7.75. The van der Waals surface area contributed by atoms with E-state index < -0.39 is 0 Å². The van der Waals surface area contributed by atoms with Crippen LogP contribution < -0.4 is 5.32 Å². The predicted molar refractivity (Wildman–Crippen MR) is 93.7 cm³/mol. The monoisotopic (exact) mass is 353 g/mol. The third-order valence-corrected chi connectivity index (χ3v) is 5.07. The van der Waals surface area contributed by atoms with E-state index >= 15 is 0 Å². The lowest BCUT2D eigenvalue weighted by atomic mass is 9.63. The lowest BCUT2D eigenvalue weighted by molar-refractivity contribution is 0.105. The Balaban J connectivity index is 2.20. The molecule has 1 aliphatic carbocycles. The first-order chi connectivity index (χ1) is 9.72. The molecule has 1 aromatic carbocycles. The predicted octanol–water partition coefficient (Wildman–Crippen LogP) is 5.61. The third-order valence-electron chi connectivity index (χ3n) is 4.32. The molecule has 0 amide bonds. The van der Waals surface area contributed by atoms with Gasteiger partial charge in [0.1, 0.15) is 0 Å². The minimum Gasteiger partial charge on any atom is -0.382 e. The van der Waals surface area contributed by atoms with Crippen molar-refractivity contribution in [1.29, 1.82) is 0 Å². The number of hydrogen-bond acceptors (Lipinski definition) is 2. The van der Waals surface area contributed by atoms with E-state index in [9.17, 15) is 0 Å². The Bertz CT molecular complexity index is 480. The summed E-state index contributed by atoms with van der Waals surface area (Å²) in [5.41, 5.74) is 3.20. The fraction of sp³-hybridized carbons (Fsp3) is 0.667. The second kappa shape index (κ2) is 6.29. The van der Waals surface area contributed by atoms with Gasteiger partial charge >= 0.3 is 0 Å². The fourth-order valence-corrected chi connectivity index (χ4v) is 4.63. The van der Waals surface area contributed by atoms with E-state index in [1.54, 1.807) is 7.11 Å². The molecule has 0 radical (unpaired) electrons. The van der Waals surface area contributed by atoms with Crippen molar-refractivity contribution in [1.82, 2.24) is 0 Å². The molecule has 21 heavy (non-hydrogen) atoms. The molecule has 0 heterocycles. The molecule has 0 aromatic heterocycles. The fourth-order valence-electron chi connectivity index (χ4n) is 4.15. The Morgan fingerprint density at radius 1 is 1.19 bits per heavy atom. The Kier molecular flexibility index (Phi) is 5.04. The van der Waals surface area contributed by atoms with Crippen molar-refractivity contribution in [3.05, 3.63) is 28.2 Å². The van der Waals surface area contributed by atoms with E-state index in [0.717, 1.165) is 4.47 Å². The second-order valence-electron chi connectivity index (χ2n) is 7.95. The van der Waals surface area contributed by atoms with Gasteiger partial charge in [-0.15, -0.1) is 0 Å². The SMILES string of the molecule is COCc1c(Br)cccc1NC1CC(C)(C)CC(C)(C)C1. The van der Waals surface area contributed by atoms with Crippen LogP contribution in [-0.4, -0.2) is 13.2 Å². The summed E-state index contributed by atoms with van der Waals surface area (Å²) in [6.07, 6.45) is 3.73. The molecule has 0 unspecified atom stereocenters. The molecule has 0 aliphatic heterocycles. The summed E-state index contributed by atoms with van der Waals surface area (Å²) in [7, 11) is 1.75. The van der Waals surface area contributed by atoms with E-state index in [-0.39, 0.29) is 0 Å². The second-order valence-corrected chi connectivity index (χ2v) is 8.81. The van der Waals surface area contributed by atoms with Crippen LogP contribution in [0.1, 0.15) is 52.5 Å². The number of benzene rings is 1. The smallest absolute Gasteiger partial charge is 0.0744 e. The van der Waals surface area contributed by atoms with Crippen molar-refractivity contribution in [3.63, 3.8) is 0 Å². The summed E-state index contributed by atoms with van der Waals surface area (Å²) in [5, 5.41) is 3.78. The zero-order valence-corrected chi connectivity index (χ0v) is 15.5. The van der Waals surface area contributed by atoms with Gasteiger partial charge in [-0.05, 0) is 42.2 Å². The molecule has 1 saturated carbocycles. The van der Waals surface area contributed by atoms with Crippen LogP contribution in [0.4, 0.5) is 5.69 Å². The van der Waals surface area contributed by atoms with Gasteiger partial charge < -0.3 is 10.1 Å². The maximum Gasteiger partial charge on any atom is 0.0744 e. The lowest BCUT2D eigenvalue weighted by Crippen LogP contribution is -2.40. The average Bonchev–Trinajstić information content (AvgIpc) is 2.29. The maximum atomic E-state index is 5.35. The number of ether oxygens (including phenoxy) is 1. The summed E-state index contributed by atoms with van der Waals surface area (Å²) in [4.78, 5) is 0. The van der Waals surface area contributed by atoms with Crippen LogP contribution in [0.15, 0.2) is 22.7 Å². The van der Waals surface area contributed by atoms with Crippen molar-refractivity contribution in [3.8, 4) is 0 Å². The third kappa shape index (κ3) is 4.46. The highest BCUT2D eigenvalue weighted by Gasteiger charge is 2.38. The van der Waals surface area contributed by atoms with Crippen molar-refractivity contribution in [2.45, 2.75) is 59.6 Å². The number of hydrogen-bond donors (Lipinski definition) is 1. The van der Waals surface area contributed by atoms with Crippen molar-refractivity contribution in [2.24, 2.45) is 10.8 Å². The van der Waals surface area contributed by atoms with E-state index in [1.807, 2.05) is 0 Å². The highest BCUT2D eigenvalue weighted by Crippen LogP contribution is 2.46. The van der Waals surface area contributed by atoms with E-state index in [1.165, 1.54) is 30.5 Å². The highest BCUT2D eigenvalue weighted by molar-refractivity contribution is 9.10. The van der Waals surface area contributed by atoms with Crippen LogP contribution in [0, 0.1) is 10.8 Å². The molecule has 1 aliphatic rings. The van der Waals surface area contributed by atoms with Crippen LogP contribution in [0.3, 0.4) is 0 Å². The van der Waals surface area contributed by atoms with Crippen molar-refractivity contribution in [2.75, 3.05) is 12.4 Å². The van der Waals surface area contributed by atoms with Gasteiger partial charge in [-0.2, -0.15) is 0 Å². The van der Waals surface area contributed by atoms with Crippen LogP contribution in [0.5, 0.6) is 0 Å². The Labute approximate surface area is 137 Å². The molecule has 1 aromatic rings. The molecular formula is C18H28BrNO. The quantitative estimate of drug-likeness (QED) is 0.759. The normalized spacial score (nSPS) is 21.2. The molecule has 0 bridgehead atoms. The first-order valence-corrected chi connectivity index (χ1v) is 8.55. The van der Waals surface area contributed by atoms with Gasteiger partial charge in [0.25, 0.3) is 0 Å². The molecule has 118 valence electrons. The van der Waals surface area contributed by atoms with Crippen molar-refractivity contribution < 1.29 is 4.74 Å². The standard InChI is InChI=1S/C18H28BrNO/c1-17(2)9-13(10-18(3,4)12-17)20-16-8-6-7-15(19)14(16)11-21-5/h6-8,13,20H,9-12H2,1-5H3. The highest BCUT2D eigenvalue weighted by atomic mass is 79.9. The summed E-state index contributed by atoms with van der Waals surface area (Å²) in [5.74, 6) is 0. The van der Waals surface area contributed by atoms with Gasteiger partial charge in [-0.3, -0.25) is 0 Å². The number of halogens is 1. The maximum absolute atomic E-state index is 5.35. The Hall–Kier alpha value is -0.540. The number of nitrogens with one attached hydrogen (secondary N) is 1. The van der Waals surface area contributed by atoms with E-state index in [4.69, 9.17) is 4.74 Å². The molecule has 2 nitrogen and oxygen atoms in total. The molecule has 3 heteroatoms. The zero-order valence-electron chi connectivity index (χ0n) is 13.9. The Morgan fingerprint density at radius 2 is 1.81 bits per heavy atom. The number of rotatable bonds is 4. The zero-order chi connectivity index (χ0) is 15.7. The van der Waals surface area contributed by atoms with Crippen LogP contribution in [-0.2, 0) is 11.3 Å². The van der Waals surface area contributed by atoms with Gasteiger partial charge in [0.05, 0.1) is 6.61 Å². The molecule has 0 spiro atoms. The average molecular weight is 354 g/mol. The summed E-state index contributed by atoms with van der Waals surface area (Å²) in [6, 6.07) is 6.85. The summed E-state index contributed by atoms with van der Waals surface area (Å²) < 4.78 is 6.46. The molecule has 0 saturated heterocycles. The minimum absolute atomic E-state index is 0.396. The van der Waals surface area contributed by atoms with Gasteiger partial charge in [0.15, 0.2) is 0 Å². The van der Waals surface area contributed by atoms with E-state index in [2.05, 4.69) is 67.1 Å². The molecule has 2 rings (SSSR count). The van der Waals surface area contributed by atoms with Gasteiger partial charge in [-0.25, -0.2) is 0 Å². The van der Waals surface area contributed by atoms with Gasteiger partial charge in [-0.1, -0.05) is 49.7 Å². The summed E-state index contributed by atoms with van der Waals surface area (Å²) >= 11 is 3.64. The van der Waals surface area contributed by atoms with Crippen LogP contribution in [0.2, 0.25) is 0 Å².